The largest absolute Gasteiger partial charge is 0.506 e. The lowest BCUT2D eigenvalue weighted by Crippen LogP contribution is -1.99. The Morgan fingerprint density at radius 2 is 1.70 bits per heavy atom. The summed E-state index contributed by atoms with van der Waals surface area (Å²) in [5.41, 5.74) is 2.53. The molecule has 0 aliphatic carbocycles. The number of aromatic hydroxyl groups is 1. The van der Waals surface area contributed by atoms with E-state index in [-0.39, 0.29) is 5.75 Å². The van der Waals surface area contributed by atoms with Crippen LogP contribution in [-0.4, -0.2) is 27.6 Å². The average Bonchev–Trinajstić information content (AvgIpc) is 2.47. The van der Waals surface area contributed by atoms with Crippen molar-refractivity contribution >= 4 is 33.7 Å². The summed E-state index contributed by atoms with van der Waals surface area (Å²) in [7, 11) is 0. The van der Waals surface area contributed by atoms with Crippen molar-refractivity contribution in [2.24, 2.45) is 0 Å². The maximum Gasteiger partial charge on any atom is 0.147 e. The summed E-state index contributed by atoms with van der Waals surface area (Å²) >= 11 is 5.65. The van der Waals surface area contributed by atoms with E-state index < -0.39 is 0 Å². The third-order valence-electron chi connectivity index (χ3n) is 2.97. The van der Waals surface area contributed by atoms with Crippen LogP contribution in [0.15, 0.2) is 36.4 Å². The van der Waals surface area contributed by atoms with Crippen LogP contribution in [0.5, 0.6) is 11.5 Å². The minimum Gasteiger partial charge on any atom is -0.506 e. The van der Waals surface area contributed by atoms with Gasteiger partial charge in [0.25, 0.3) is 0 Å². The normalized spacial score (nSPS) is 11.1. The molecule has 1 N–H and O–H groups in total. The Hall–Kier alpha value is -2.07. The Kier molecular flexibility index (Phi) is 3.56. The fourth-order valence-electron chi connectivity index (χ4n) is 2.03. The Bertz CT molecular complexity index is 761. The van der Waals surface area contributed by atoms with E-state index in [0.717, 1.165) is 6.42 Å². The number of alkyl halides is 1. The molecule has 0 amide bonds. The van der Waals surface area contributed by atoms with Gasteiger partial charge in [-0.3, -0.25) is 0 Å². The third kappa shape index (κ3) is 2.34. The van der Waals surface area contributed by atoms with E-state index in [4.69, 9.17) is 16.3 Å². The highest BCUT2D eigenvalue weighted by atomic mass is 35.5. The molecule has 3 aromatic rings. The number of aromatic nitrogens is 2. The molecule has 4 nitrogen and oxygen atoms in total. The second kappa shape index (κ2) is 5.51. The highest BCUT2D eigenvalue weighted by Crippen LogP contribution is 2.28. The number of phenolic OH excluding ortho intramolecular Hbond substituents is 1. The van der Waals surface area contributed by atoms with Crippen LogP contribution in [0.4, 0.5) is 0 Å². The smallest absolute Gasteiger partial charge is 0.147 e. The number of ether oxygens (including phenoxy) is 1. The molecule has 3 rings (SSSR count). The zero-order valence-corrected chi connectivity index (χ0v) is 11.5. The molecule has 0 unspecified atom stereocenters. The Morgan fingerprint density at radius 3 is 2.50 bits per heavy atom. The van der Waals surface area contributed by atoms with Crippen molar-refractivity contribution < 1.29 is 9.84 Å². The molecule has 0 aliphatic heterocycles. The number of rotatable bonds is 4. The molecular formula is C15H13ClN2O2. The molecule has 0 saturated heterocycles. The molecule has 1 heterocycles. The van der Waals surface area contributed by atoms with Crippen LogP contribution in [0.2, 0.25) is 0 Å². The van der Waals surface area contributed by atoms with E-state index in [9.17, 15) is 5.11 Å². The predicted octanol–water partition coefficient (Wildman–Crippen LogP) is 3.50. The summed E-state index contributed by atoms with van der Waals surface area (Å²) in [4.78, 5) is 8.98. The molecule has 0 saturated carbocycles. The number of fused-ring (bicyclic) bond motifs is 2. The van der Waals surface area contributed by atoms with Crippen molar-refractivity contribution in [3.63, 3.8) is 0 Å². The first-order valence-electron chi connectivity index (χ1n) is 6.37. The van der Waals surface area contributed by atoms with Crippen molar-refractivity contribution in [3.05, 3.63) is 36.4 Å². The third-order valence-corrected chi connectivity index (χ3v) is 3.24. The summed E-state index contributed by atoms with van der Waals surface area (Å²) in [6.45, 7) is 0.544. The van der Waals surface area contributed by atoms with Crippen LogP contribution >= 0.6 is 11.6 Å². The quantitative estimate of drug-likeness (QED) is 0.453. The Balaban J connectivity index is 2.13. The van der Waals surface area contributed by atoms with Crippen LogP contribution in [0.25, 0.3) is 22.1 Å². The number of benzene rings is 2. The Morgan fingerprint density at radius 1 is 1.00 bits per heavy atom. The molecule has 102 valence electrons. The summed E-state index contributed by atoms with van der Waals surface area (Å²) in [6, 6.07) is 10.7. The molecular weight excluding hydrogens is 276 g/mol. The number of hydrogen-bond donors (Lipinski definition) is 1. The van der Waals surface area contributed by atoms with Crippen LogP contribution in [0, 0.1) is 0 Å². The SMILES string of the molecule is Oc1cccc2nc3c(OCCCCl)cccc3nc12. The zero-order chi connectivity index (χ0) is 13.9. The molecule has 5 heteroatoms. The van der Waals surface area contributed by atoms with E-state index in [1.807, 2.05) is 24.3 Å². The lowest BCUT2D eigenvalue weighted by molar-refractivity contribution is 0.321. The van der Waals surface area contributed by atoms with E-state index >= 15 is 0 Å². The minimum atomic E-state index is 0.130. The van der Waals surface area contributed by atoms with Gasteiger partial charge in [0.05, 0.1) is 17.6 Å². The highest BCUT2D eigenvalue weighted by Gasteiger charge is 2.09. The second-order valence-electron chi connectivity index (χ2n) is 4.38. The van der Waals surface area contributed by atoms with Crippen LogP contribution < -0.4 is 4.74 Å². The predicted molar refractivity (Wildman–Crippen MR) is 79.5 cm³/mol. The van der Waals surface area contributed by atoms with E-state index in [1.54, 1.807) is 12.1 Å². The highest BCUT2D eigenvalue weighted by molar-refractivity contribution is 6.17. The number of hydrogen-bond acceptors (Lipinski definition) is 4. The zero-order valence-electron chi connectivity index (χ0n) is 10.7. The number of halogens is 1. The molecule has 0 atom stereocenters. The molecule has 1 aromatic heterocycles. The Labute approximate surface area is 121 Å². The monoisotopic (exact) mass is 288 g/mol. The van der Waals surface area contributed by atoms with Gasteiger partial charge in [-0.05, 0) is 30.7 Å². The first-order chi connectivity index (χ1) is 9.79. The average molecular weight is 289 g/mol. The lowest BCUT2D eigenvalue weighted by Gasteiger charge is -2.08. The van der Waals surface area contributed by atoms with Gasteiger partial charge in [-0.2, -0.15) is 0 Å². The second-order valence-corrected chi connectivity index (χ2v) is 4.76. The molecule has 20 heavy (non-hydrogen) atoms. The van der Waals surface area contributed by atoms with Gasteiger partial charge in [0.15, 0.2) is 0 Å². The van der Waals surface area contributed by atoms with Crippen molar-refractivity contribution in [2.45, 2.75) is 6.42 Å². The van der Waals surface area contributed by atoms with Crippen molar-refractivity contribution in [1.29, 1.82) is 0 Å². The molecule has 2 aromatic carbocycles. The molecule has 0 bridgehead atoms. The molecule has 0 spiro atoms. The maximum atomic E-state index is 9.82. The lowest BCUT2D eigenvalue weighted by atomic mass is 10.2. The van der Waals surface area contributed by atoms with Crippen LogP contribution in [0.3, 0.4) is 0 Å². The summed E-state index contributed by atoms with van der Waals surface area (Å²) in [5, 5.41) is 9.82. The first kappa shape index (κ1) is 12.9. The van der Waals surface area contributed by atoms with Crippen LogP contribution in [0.1, 0.15) is 6.42 Å². The number of phenols is 1. The van der Waals surface area contributed by atoms with Gasteiger partial charge >= 0.3 is 0 Å². The fraction of sp³-hybridized carbons (Fsp3) is 0.200. The summed E-state index contributed by atoms with van der Waals surface area (Å²) < 4.78 is 5.69. The first-order valence-corrected chi connectivity index (χ1v) is 6.90. The van der Waals surface area contributed by atoms with E-state index in [1.165, 1.54) is 0 Å². The maximum absolute atomic E-state index is 9.82. The minimum absolute atomic E-state index is 0.130. The number of para-hydroxylation sites is 2. The van der Waals surface area contributed by atoms with Crippen molar-refractivity contribution in [2.75, 3.05) is 12.5 Å². The van der Waals surface area contributed by atoms with E-state index in [0.29, 0.717) is 40.3 Å². The van der Waals surface area contributed by atoms with E-state index in [2.05, 4.69) is 9.97 Å². The summed E-state index contributed by atoms with van der Waals surface area (Å²) in [6.07, 6.45) is 0.778. The topological polar surface area (TPSA) is 55.2 Å². The molecule has 0 aliphatic rings. The van der Waals surface area contributed by atoms with Gasteiger partial charge in [-0.1, -0.05) is 12.1 Å². The van der Waals surface area contributed by atoms with Crippen molar-refractivity contribution in [3.8, 4) is 11.5 Å². The number of nitrogens with zero attached hydrogens (tertiary/aromatic N) is 2. The van der Waals surface area contributed by atoms with Gasteiger partial charge in [-0.25, -0.2) is 9.97 Å². The summed E-state index contributed by atoms with van der Waals surface area (Å²) in [5.74, 6) is 1.38. The van der Waals surface area contributed by atoms with Gasteiger partial charge < -0.3 is 9.84 Å². The van der Waals surface area contributed by atoms with Gasteiger partial charge in [-0.15, -0.1) is 11.6 Å². The standard InChI is InChI=1S/C15H13ClN2O2/c16-8-3-9-20-13-7-2-5-11-15(13)18-10-4-1-6-12(19)14(10)17-11/h1-2,4-7,19H,3,8-9H2. The van der Waals surface area contributed by atoms with Crippen molar-refractivity contribution in [1.82, 2.24) is 9.97 Å². The molecule has 0 radical (unpaired) electrons. The van der Waals surface area contributed by atoms with Crippen LogP contribution in [-0.2, 0) is 0 Å². The fourth-order valence-corrected chi connectivity index (χ4v) is 2.14. The molecule has 0 fully saturated rings. The van der Waals surface area contributed by atoms with Gasteiger partial charge in [0.1, 0.15) is 22.5 Å². The van der Waals surface area contributed by atoms with Gasteiger partial charge in [0, 0.05) is 5.88 Å². The van der Waals surface area contributed by atoms with Gasteiger partial charge in [0.2, 0.25) is 0 Å².